The summed E-state index contributed by atoms with van der Waals surface area (Å²) in [5.74, 6) is 0.230. The maximum Gasteiger partial charge on any atom is 0.157 e. The van der Waals surface area contributed by atoms with Crippen molar-refractivity contribution in [1.82, 2.24) is 0 Å². The van der Waals surface area contributed by atoms with Crippen molar-refractivity contribution in [3.05, 3.63) is 33.8 Å². The molecule has 1 fully saturated rings. The summed E-state index contributed by atoms with van der Waals surface area (Å²) in [6, 6.07) is 5.67. The predicted molar refractivity (Wildman–Crippen MR) is 82.4 cm³/mol. The molecule has 3 nitrogen and oxygen atoms in total. The molecule has 0 radical (unpaired) electrons. The van der Waals surface area contributed by atoms with Gasteiger partial charge in [-0.1, -0.05) is 29.3 Å². The molecule has 2 N–H and O–H groups in total. The molecule has 0 spiro atoms. The topological polar surface area (TPSA) is 44.5 Å². The molecule has 0 bridgehead atoms. The van der Waals surface area contributed by atoms with Crippen LogP contribution in [0.4, 0.5) is 0 Å². The third-order valence-corrected chi connectivity index (χ3v) is 4.35. The van der Waals surface area contributed by atoms with Crippen LogP contribution in [0, 0.1) is 0 Å². The van der Waals surface area contributed by atoms with Crippen molar-refractivity contribution < 1.29 is 9.47 Å². The Kier molecular flexibility index (Phi) is 6.59. The zero-order valence-corrected chi connectivity index (χ0v) is 13.0. The Bertz CT molecular complexity index is 422. The zero-order chi connectivity index (χ0) is 14.4. The molecule has 1 aromatic rings. The number of hydrogen-bond acceptors (Lipinski definition) is 3. The molecule has 0 aromatic heterocycles. The van der Waals surface area contributed by atoms with Crippen LogP contribution < -0.4 is 5.73 Å². The Balaban J connectivity index is 1.83. The van der Waals surface area contributed by atoms with Gasteiger partial charge in [0.1, 0.15) is 0 Å². The molecular weight excluding hydrogens is 297 g/mol. The van der Waals surface area contributed by atoms with Crippen molar-refractivity contribution in [3.63, 3.8) is 0 Å². The Hall–Kier alpha value is -0.320. The lowest BCUT2D eigenvalue weighted by atomic mass is 9.96. The van der Waals surface area contributed by atoms with Gasteiger partial charge in [0.2, 0.25) is 0 Å². The second kappa shape index (κ2) is 8.20. The van der Waals surface area contributed by atoms with Gasteiger partial charge in [0.05, 0.1) is 16.7 Å². The minimum atomic E-state index is -0.0454. The highest BCUT2D eigenvalue weighted by Crippen LogP contribution is 2.28. The van der Waals surface area contributed by atoms with Crippen molar-refractivity contribution >= 4 is 23.2 Å². The minimum Gasteiger partial charge on any atom is -0.353 e. The van der Waals surface area contributed by atoms with Crippen LogP contribution >= 0.6 is 23.2 Å². The quantitative estimate of drug-likeness (QED) is 0.863. The number of nitrogens with two attached hydrogens (primary N) is 1. The number of benzene rings is 1. The summed E-state index contributed by atoms with van der Waals surface area (Å²) in [5.41, 5.74) is 6.96. The second-order valence-corrected chi connectivity index (χ2v) is 5.88. The molecule has 1 heterocycles. The Morgan fingerprint density at radius 1 is 1.30 bits per heavy atom. The zero-order valence-electron chi connectivity index (χ0n) is 11.5. The third kappa shape index (κ3) is 4.61. The first kappa shape index (κ1) is 16.1. The molecule has 112 valence electrons. The van der Waals surface area contributed by atoms with Crippen molar-refractivity contribution in [3.8, 4) is 0 Å². The first-order valence-corrected chi connectivity index (χ1v) is 7.84. The van der Waals surface area contributed by atoms with Crippen molar-refractivity contribution in [1.29, 1.82) is 0 Å². The Labute approximate surface area is 130 Å². The Morgan fingerprint density at radius 3 is 2.80 bits per heavy atom. The molecule has 0 saturated carbocycles. The van der Waals surface area contributed by atoms with E-state index >= 15 is 0 Å². The summed E-state index contributed by atoms with van der Waals surface area (Å²) in [6.07, 6.45) is 4.11. The Morgan fingerprint density at radius 2 is 2.15 bits per heavy atom. The van der Waals surface area contributed by atoms with Crippen LogP contribution in [0.2, 0.25) is 10.0 Å². The van der Waals surface area contributed by atoms with Gasteiger partial charge in [0.15, 0.2) is 6.29 Å². The van der Waals surface area contributed by atoms with Gasteiger partial charge in [-0.25, -0.2) is 0 Å². The van der Waals surface area contributed by atoms with Crippen LogP contribution in [-0.2, 0) is 9.47 Å². The highest BCUT2D eigenvalue weighted by molar-refractivity contribution is 6.42. The molecule has 1 saturated heterocycles. The standard InChI is InChI=1S/C15H21Cl2NO2/c16-13-5-4-11(9-14(13)17)12(10-18)6-8-20-15-3-1-2-7-19-15/h4-5,9,12,15H,1-3,6-8,10,18H2/t12-,15+/m0/s1. The lowest BCUT2D eigenvalue weighted by Gasteiger charge is -2.24. The molecule has 1 aliphatic rings. The molecular formula is C15H21Cl2NO2. The molecule has 2 rings (SSSR count). The lowest BCUT2D eigenvalue weighted by Crippen LogP contribution is -2.24. The first-order valence-electron chi connectivity index (χ1n) is 7.09. The van der Waals surface area contributed by atoms with Crippen molar-refractivity contribution in [2.45, 2.75) is 37.9 Å². The fourth-order valence-electron chi connectivity index (χ4n) is 2.37. The molecule has 1 aliphatic heterocycles. The second-order valence-electron chi connectivity index (χ2n) is 5.06. The lowest BCUT2D eigenvalue weighted by molar-refractivity contribution is -0.163. The van der Waals surface area contributed by atoms with Crippen LogP contribution in [0.3, 0.4) is 0 Å². The van der Waals surface area contributed by atoms with Crippen LogP contribution in [0.15, 0.2) is 18.2 Å². The minimum absolute atomic E-state index is 0.0454. The summed E-state index contributed by atoms with van der Waals surface area (Å²) in [4.78, 5) is 0. The van der Waals surface area contributed by atoms with Crippen LogP contribution in [0.25, 0.3) is 0 Å². The van der Waals surface area contributed by atoms with E-state index in [0.29, 0.717) is 23.2 Å². The van der Waals surface area contributed by atoms with Crippen LogP contribution in [-0.4, -0.2) is 26.0 Å². The molecule has 5 heteroatoms. The maximum atomic E-state index is 6.05. The summed E-state index contributed by atoms with van der Waals surface area (Å²) in [5, 5.41) is 1.14. The van der Waals surface area contributed by atoms with Gasteiger partial charge in [-0.2, -0.15) is 0 Å². The normalized spacial score (nSPS) is 20.9. The fraction of sp³-hybridized carbons (Fsp3) is 0.600. The largest absolute Gasteiger partial charge is 0.353 e. The monoisotopic (exact) mass is 317 g/mol. The van der Waals surface area contributed by atoms with E-state index in [2.05, 4.69) is 0 Å². The van der Waals surface area contributed by atoms with Gasteiger partial charge >= 0.3 is 0 Å². The van der Waals surface area contributed by atoms with E-state index in [0.717, 1.165) is 31.4 Å². The molecule has 0 amide bonds. The average Bonchev–Trinajstić information content (AvgIpc) is 2.48. The van der Waals surface area contributed by atoms with Crippen LogP contribution in [0.1, 0.15) is 37.2 Å². The van der Waals surface area contributed by atoms with Crippen molar-refractivity contribution in [2.75, 3.05) is 19.8 Å². The summed E-state index contributed by atoms with van der Waals surface area (Å²) >= 11 is 12.0. The molecule has 1 aromatic carbocycles. The van der Waals surface area contributed by atoms with E-state index in [1.54, 1.807) is 0 Å². The van der Waals surface area contributed by atoms with Gasteiger partial charge in [0, 0.05) is 6.61 Å². The van der Waals surface area contributed by atoms with Crippen molar-refractivity contribution in [2.24, 2.45) is 5.73 Å². The number of rotatable bonds is 6. The molecule has 2 atom stereocenters. The highest BCUT2D eigenvalue weighted by Gasteiger charge is 2.16. The van der Waals surface area contributed by atoms with E-state index in [-0.39, 0.29) is 12.2 Å². The predicted octanol–water partition coefficient (Wildman–Crippen LogP) is 3.97. The van der Waals surface area contributed by atoms with E-state index in [4.69, 9.17) is 38.4 Å². The van der Waals surface area contributed by atoms with Gasteiger partial charge in [-0.05, 0) is 55.8 Å². The average molecular weight is 318 g/mol. The van der Waals surface area contributed by atoms with Gasteiger partial charge in [-0.3, -0.25) is 0 Å². The number of hydrogen-bond donors (Lipinski definition) is 1. The van der Waals surface area contributed by atoms with E-state index in [9.17, 15) is 0 Å². The number of ether oxygens (including phenoxy) is 2. The SMILES string of the molecule is NC[C@H](CCO[C@@H]1CCCCO1)c1ccc(Cl)c(Cl)c1. The van der Waals surface area contributed by atoms with E-state index in [1.165, 1.54) is 6.42 Å². The first-order chi connectivity index (χ1) is 9.70. The van der Waals surface area contributed by atoms with Gasteiger partial charge in [0.25, 0.3) is 0 Å². The molecule has 20 heavy (non-hydrogen) atoms. The van der Waals surface area contributed by atoms with E-state index < -0.39 is 0 Å². The summed E-state index contributed by atoms with van der Waals surface area (Å²) in [7, 11) is 0. The molecule has 0 aliphatic carbocycles. The molecule has 0 unspecified atom stereocenters. The summed E-state index contributed by atoms with van der Waals surface area (Å²) in [6.45, 7) is 2.01. The van der Waals surface area contributed by atoms with Gasteiger partial charge in [-0.15, -0.1) is 0 Å². The van der Waals surface area contributed by atoms with Crippen LogP contribution in [0.5, 0.6) is 0 Å². The van der Waals surface area contributed by atoms with E-state index in [1.807, 2.05) is 18.2 Å². The smallest absolute Gasteiger partial charge is 0.157 e. The summed E-state index contributed by atoms with van der Waals surface area (Å²) < 4.78 is 11.3. The highest BCUT2D eigenvalue weighted by atomic mass is 35.5. The third-order valence-electron chi connectivity index (χ3n) is 3.61. The fourth-order valence-corrected chi connectivity index (χ4v) is 2.68. The number of halogens is 2. The maximum absolute atomic E-state index is 6.05. The van der Waals surface area contributed by atoms with Gasteiger partial charge < -0.3 is 15.2 Å².